The summed E-state index contributed by atoms with van der Waals surface area (Å²) >= 11 is 0. The normalized spacial score (nSPS) is 12.3. The van der Waals surface area contributed by atoms with E-state index >= 15 is 0 Å². The van der Waals surface area contributed by atoms with Gasteiger partial charge < -0.3 is 24.9 Å². The number of hydrogen-bond donors (Lipinski definition) is 3. The van der Waals surface area contributed by atoms with Gasteiger partial charge in [0.05, 0.1) is 5.52 Å². The molecule has 1 unspecified atom stereocenters. The fourth-order valence-electron chi connectivity index (χ4n) is 3.27. The summed E-state index contributed by atoms with van der Waals surface area (Å²) < 4.78 is 24.3. The zero-order chi connectivity index (χ0) is 20.1. The molecule has 0 fully saturated rings. The molecule has 1 aromatic heterocycles. The van der Waals surface area contributed by atoms with Gasteiger partial charge >= 0.3 is 0 Å². The number of aliphatic hydroxyl groups excluding tert-OH is 1. The van der Waals surface area contributed by atoms with E-state index in [1.54, 1.807) is 12.1 Å². The van der Waals surface area contributed by atoms with Crippen molar-refractivity contribution in [2.45, 2.75) is 6.10 Å². The number of halogens is 1. The van der Waals surface area contributed by atoms with E-state index in [1.165, 1.54) is 12.1 Å². The van der Waals surface area contributed by atoms with Crippen LogP contribution in [0.1, 0.15) is 0 Å². The quantitative estimate of drug-likeness (QED) is 0.377. The minimum atomic E-state index is -0.652. The Morgan fingerprint density at radius 3 is 2.59 bits per heavy atom. The number of H-pyrrole nitrogens is 1. The summed E-state index contributed by atoms with van der Waals surface area (Å²) in [5, 5.41) is 15.5. The van der Waals surface area contributed by atoms with Gasteiger partial charge in [0, 0.05) is 29.4 Å². The minimum Gasteiger partial charge on any atom is -0.492 e. The van der Waals surface area contributed by atoms with E-state index in [0.29, 0.717) is 25.4 Å². The number of ether oxygens (including phenoxy) is 2. The Hall–Kier alpha value is -3.09. The summed E-state index contributed by atoms with van der Waals surface area (Å²) in [6, 6.07) is 19.8. The van der Waals surface area contributed by atoms with Crippen LogP contribution in [0.15, 0.2) is 66.7 Å². The second-order valence-corrected chi connectivity index (χ2v) is 6.82. The number of para-hydroxylation sites is 1. The van der Waals surface area contributed by atoms with Crippen LogP contribution in [0.4, 0.5) is 4.39 Å². The average molecular weight is 394 g/mol. The van der Waals surface area contributed by atoms with Crippen LogP contribution in [-0.4, -0.2) is 42.5 Å². The molecule has 150 valence electrons. The highest BCUT2D eigenvalue weighted by Gasteiger charge is 2.11. The molecule has 0 aliphatic rings. The molecule has 0 saturated carbocycles. The van der Waals surface area contributed by atoms with E-state index in [9.17, 15) is 9.50 Å². The molecule has 0 bridgehead atoms. The van der Waals surface area contributed by atoms with Crippen molar-refractivity contribution < 1.29 is 19.0 Å². The fourth-order valence-corrected chi connectivity index (χ4v) is 3.27. The maximum absolute atomic E-state index is 12.8. The molecular weight excluding hydrogens is 371 g/mol. The van der Waals surface area contributed by atoms with Gasteiger partial charge in [-0.15, -0.1) is 0 Å². The van der Waals surface area contributed by atoms with Crippen LogP contribution in [-0.2, 0) is 0 Å². The Morgan fingerprint density at radius 2 is 1.72 bits per heavy atom. The lowest BCUT2D eigenvalue weighted by molar-refractivity contribution is 0.106. The maximum Gasteiger partial charge on any atom is 0.129 e. The first-order valence-corrected chi connectivity index (χ1v) is 9.60. The van der Waals surface area contributed by atoms with Crippen LogP contribution in [0.2, 0.25) is 0 Å². The molecule has 1 heterocycles. The predicted octanol–water partition coefficient (Wildman–Crippen LogP) is 3.87. The first-order valence-electron chi connectivity index (χ1n) is 9.60. The Bertz CT molecular complexity index is 1080. The molecule has 4 aromatic rings. The number of benzene rings is 3. The molecule has 3 N–H and O–H groups in total. The first kappa shape index (κ1) is 19.2. The molecule has 1 atom stereocenters. The summed E-state index contributed by atoms with van der Waals surface area (Å²) in [5.41, 5.74) is 2.07. The number of hydrogen-bond acceptors (Lipinski definition) is 4. The molecule has 0 aliphatic heterocycles. The topological polar surface area (TPSA) is 66.5 Å². The van der Waals surface area contributed by atoms with Crippen molar-refractivity contribution in [1.82, 2.24) is 10.3 Å². The molecule has 4 rings (SSSR count). The van der Waals surface area contributed by atoms with Gasteiger partial charge in [-0.05, 0) is 42.5 Å². The minimum absolute atomic E-state index is 0.185. The monoisotopic (exact) mass is 394 g/mol. The zero-order valence-corrected chi connectivity index (χ0v) is 15.9. The summed E-state index contributed by atoms with van der Waals surface area (Å²) in [7, 11) is 0. The average Bonchev–Trinajstić information content (AvgIpc) is 3.12. The van der Waals surface area contributed by atoms with E-state index in [-0.39, 0.29) is 12.4 Å². The zero-order valence-electron chi connectivity index (χ0n) is 15.9. The highest BCUT2D eigenvalue weighted by atomic mass is 19.1. The van der Waals surface area contributed by atoms with Crippen molar-refractivity contribution in [2.24, 2.45) is 0 Å². The molecule has 5 nitrogen and oxygen atoms in total. The molecular formula is C23H23FN2O3. The summed E-state index contributed by atoms with van der Waals surface area (Å²) in [6.45, 7) is 1.56. The molecule has 29 heavy (non-hydrogen) atoms. The van der Waals surface area contributed by atoms with E-state index in [4.69, 9.17) is 9.47 Å². The molecule has 0 aliphatic carbocycles. The number of aliphatic hydroxyl groups is 1. The molecule has 0 amide bonds. The van der Waals surface area contributed by atoms with Crippen LogP contribution in [0, 0.1) is 5.82 Å². The largest absolute Gasteiger partial charge is 0.492 e. The van der Waals surface area contributed by atoms with Crippen molar-refractivity contribution in [1.29, 1.82) is 0 Å². The standard InChI is InChI=1S/C23H23FN2O3/c24-16-8-10-18(11-9-16)28-13-12-25-14-17(27)15-29-22-7-3-6-21-23(22)19-4-1-2-5-20(19)26-21/h1-11,17,25-27H,12-15H2. The lowest BCUT2D eigenvalue weighted by Gasteiger charge is -2.14. The molecule has 6 heteroatoms. The van der Waals surface area contributed by atoms with Crippen LogP contribution in [0.25, 0.3) is 21.8 Å². The maximum atomic E-state index is 12.8. The van der Waals surface area contributed by atoms with Gasteiger partial charge in [-0.1, -0.05) is 24.3 Å². The van der Waals surface area contributed by atoms with Crippen LogP contribution >= 0.6 is 0 Å². The van der Waals surface area contributed by atoms with Crippen LogP contribution in [0.3, 0.4) is 0 Å². The van der Waals surface area contributed by atoms with Crippen molar-refractivity contribution in [2.75, 3.05) is 26.3 Å². The molecule has 0 saturated heterocycles. The lowest BCUT2D eigenvalue weighted by Crippen LogP contribution is -2.33. The van der Waals surface area contributed by atoms with E-state index in [1.807, 2.05) is 36.4 Å². The molecule has 3 aromatic carbocycles. The van der Waals surface area contributed by atoms with Crippen LogP contribution < -0.4 is 14.8 Å². The third-order valence-electron chi connectivity index (χ3n) is 4.66. The van der Waals surface area contributed by atoms with Crippen molar-refractivity contribution in [3.63, 3.8) is 0 Å². The fraction of sp³-hybridized carbons (Fsp3) is 0.217. The molecule has 0 spiro atoms. The van der Waals surface area contributed by atoms with Gasteiger partial charge in [-0.2, -0.15) is 0 Å². The number of fused-ring (bicyclic) bond motifs is 3. The summed E-state index contributed by atoms with van der Waals surface area (Å²) in [5.74, 6) is 1.07. The Morgan fingerprint density at radius 1 is 0.931 bits per heavy atom. The van der Waals surface area contributed by atoms with E-state index in [0.717, 1.165) is 27.6 Å². The van der Waals surface area contributed by atoms with E-state index in [2.05, 4.69) is 16.4 Å². The number of aromatic nitrogens is 1. The number of rotatable bonds is 9. The smallest absolute Gasteiger partial charge is 0.129 e. The van der Waals surface area contributed by atoms with Gasteiger partial charge in [0.15, 0.2) is 0 Å². The van der Waals surface area contributed by atoms with Gasteiger partial charge in [0.1, 0.15) is 36.6 Å². The number of nitrogens with one attached hydrogen (secondary N) is 2. The van der Waals surface area contributed by atoms with Crippen molar-refractivity contribution in [3.8, 4) is 11.5 Å². The van der Waals surface area contributed by atoms with Gasteiger partial charge in [0.25, 0.3) is 0 Å². The predicted molar refractivity (Wildman–Crippen MR) is 112 cm³/mol. The highest BCUT2D eigenvalue weighted by molar-refractivity contribution is 6.10. The second-order valence-electron chi connectivity index (χ2n) is 6.82. The Labute approximate surface area is 168 Å². The molecule has 0 radical (unpaired) electrons. The third kappa shape index (κ3) is 4.67. The highest BCUT2D eigenvalue weighted by Crippen LogP contribution is 2.32. The number of aromatic amines is 1. The van der Waals surface area contributed by atoms with Crippen LogP contribution in [0.5, 0.6) is 11.5 Å². The lowest BCUT2D eigenvalue weighted by atomic mass is 10.1. The first-order chi connectivity index (χ1) is 14.2. The van der Waals surface area contributed by atoms with Crippen molar-refractivity contribution >= 4 is 21.8 Å². The second kappa shape index (κ2) is 8.94. The summed E-state index contributed by atoms with van der Waals surface area (Å²) in [6.07, 6.45) is -0.652. The Balaban J connectivity index is 1.25. The van der Waals surface area contributed by atoms with Gasteiger partial charge in [0.2, 0.25) is 0 Å². The van der Waals surface area contributed by atoms with E-state index < -0.39 is 6.10 Å². The van der Waals surface area contributed by atoms with Gasteiger partial charge in [-0.25, -0.2) is 4.39 Å². The summed E-state index contributed by atoms with van der Waals surface area (Å²) in [4.78, 5) is 3.38. The third-order valence-corrected chi connectivity index (χ3v) is 4.66. The Kier molecular flexibility index (Phi) is 5.93. The van der Waals surface area contributed by atoms with Crippen molar-refractivity contribution in [3.05, 3.63) is 72.5 Å². The SMILES string of the molecule is OC(CNCCOc1ccc(F)cc1)COc1cccc2[nH]c3ccccc3c12. The van der Waals surface area contributed by atoms with Gasteiger partial charge in [-0.3, -0.25) is 0 Å².